The fraction of sp³-hybridized carbons (Fsp3) is 0.350. The number of hydrogen-bond donors (Lipinski definition) is 0. The van der Waals surface area contributed by atoms with Crippen LogP contribution >= 0.6 is 23.2 Å². The molecule has 0 saturated heterocycles. The smallest absolute Gasteiger partial charge is 0.269 e. The summed E-state index contributed by atoms with van der Waals surface area (Å²) < 4.78 is 0. The van der Waals surface area contributed by atoms with E-state index in [0.29, 0.717) is 23.1 Å². The van der Waals surface area contributed by atoms with Crippen molar-refractivity contribution >= 4 is 34.8 Å². The number of benzene rings is 2. The molecule has 0 bridgehead atoms. The number of carbonyl (C=O) groups is 1. The second-order valence-electron chi connectivity index (χ2n) is 6.82. The summed E-state index contributed by atoms with van der Waals surface area (Å²) in [4.78, 5) is 27.1. The van der Waals surface area contributed by atoms with Crippen LogP contribution in [0, 0.1) is 10.1 Å². The third kappa shape index (κ3) is 6.78. The van der Waals surface area contributed by atoms with Gasteiger partial charge in [0, 0.05) is 25.2 Å². The highest BCUT2D eigenvalue weighted by molar-refractivity contribution is 6.42. The van der Waals surface area contributed by atoms with E-state index in [1.807, 2.05) is 20.2 Å². The molecule has 0 spiro atoms. The van der Waals surface area contributed by atoms with E-state index in [1.165, 1.54) is 12.1 Å². The van der Waals surface area contributed by atoms with Crippen molar-refractivity contribution in [3.05, 3.63) is 73.8 Å². The highest BCUT2D eigenvalue weighted by Gasteiger charge is 2.16. The van der Waals surface area contributed by atoms with Gasteiger partial charge in [-0.05, 0) is 50.3 Å². The van der Waals surface area contributed by atoms with Crippen LogP contribution in [0.5, 0.6) is 0 Å². The number of carbonyl (C=O) groups excluding carboxylic acids is 1. The molecule has 8 heteroatoms. The van der Waals surface area contributed by atoms with Gasteiger partial charge in [-0.1, -0.05) is 41.4 Å². The minimum absolute atomic E-state index is 0.00912. The summed E-state index contributed by atoms with van der Waals surface area (Å²) in [6.45, 7) is 1.89. The van der Waals surface area contributed by atoms with Gasteiger partial charge >= 0.3 is 0 Å². The Morgan fingerprint density at radius 2 is 1.64 bits per heavy atom. The molecule has 2 aromatic carbocycles. The Morgan fingerprint density at radius 1 is 1.00 bits per heavy atom. The van der Waals surface area contributed by atoms with Crippen molar-refractivity contribution in [1.29, 1.82) is 0 Å². The van der Waals surface area contributed by atoms with Gasteiger partial charge in [0.05, 0.1) is 21.4 Å². The molecular weight excluding hydrogens is 401 g/mol. The van der Waals surface area contributed by atoms with E-state index in [1.54, 1.807) is 29.2 Å². The van der Waals surface area contributed by atoms with Crippen molar-refractivity contribution in [2.75, 3.05) is 27.2 Å². The lowest BCUT2D eigenvalue weighted by Crippen LogP contribution is -2.34. The van der Waals surface area contributed by atoms with E-state index in [4.69, 9.17) is 23.2 Å². The van der Waals surface area contributed by atoms with Gasteiger partial charge in [0.25, 0.3) is 5.69 Å². The Balaban J connectivity index is 2.10. The first-order valence-corrected chi connectivity index (χ1v) is 9.61. The molecule has 0 fully saturated rings. The lowest BCUT2D eigenvalue weighted by molar-refractivity contribution is -0.384. The standard InChI is InChI=1S/C20H23Cl2N3O3/c1-23(2)10-3-11-24(14-16-6-9-18(21)19(22)12-16)20(26)13-15-4-7-17(8-5-15)25(27)28/h4-9,12H,3,10-11,13-14H2,1-2H3. The molecule has 28 heavy (non-hydrogen) atoms. The minimum Gasteiger partial charge on any atom is -0.338 e. The van der Waals surface area contributed by atoms with Gasteiger partial charge in [0.2, 0.25) is 5.91 Å². The number of halogens is 2. The van der Waals surface area contributed by atoms with Crippen molar-refractivity contribution in [2.45, 2.75) is 19.4 Å². The molecule has 0 radical (unpaired) electrons. The Bertz CT molecular complexity index is 826. The van der Waals surface area contributed by atoms with Gasteiger partial charge in [0.1, 0.15) is 0 Å². The first-order valence-electron chi connectivity index (χ1n) is 8.86. The summed E-state index contributed by atoms with van der Waals surface area (Å²) in [6, 6.07) is 11.4. The van der Waals surface area contributed by atoms with Crippen LogP contribution in [0.3, 0.4) is 0 Å². The van der Waals surface area contributed by atoms with Crippen molar-refractivity contribution in [2.24, 2.45) is 0 Å². The molecule has 0 aliphatic rings. The van der Waals surface area contributed by atoms with Crippen molar-refractivity contribution in [3.8, 4) is 0 Å². The summed E-state index contributed by atoms with van der Waals surface area (Å²) in [6.07, 6.45) is 1.02. The Labute approximate surface area is 174 Å². The molecule has 0 aliphatic carbocycles. The van der Waals surface area contributed by atoms with Crippen LogP contribution < -0.4 is 0 Å². The van der Waals surface area contributed by atoms with E-state index in [0.717, 1.165) is 24.1 Å². The second kappa shape index (κ2) is 10.4. The summed E-state index contributed by atoms with van der Waals surface area (Å²) in [7, 11) is 3.98. The Kier molecular flexibility index (Phi) is 8.23. The molecule has 0 unspecified atom stereocenters. The molecule has 0 aromatic heterocycles. The maximum Gasteiger partial charge on any atom is 0.269 e. The van der Waals surface area contributed by atoms with Crippen molar-refractivity contribution < 1.29 is 9.72 Å². The molecule has 0 saturated carbocycles. The number of rotatable bonds is 9. The molecule has 2 rings (SSSR count). The zero-order chi connectivity index (χ0) is 20.7. The lowest BCUT2D eigenvalue weighted by atomic mass is 10.1. The fourth-order valence-corrected chi connectivity index (χ4v) is 3.07. The fourth-order valence-electron chi connectivity index (χ4n) is 2.75. The summed E-state index contributed by atoms with van der Waals surface area (Å²) >= 11 is 12.1. The van der Waals surface area contributed by atoms with E-state index in [-0.39, 0.29) is 18.0 Å². The summed E-state index contributed by atoms with van der Waals surface area (Å²) in [5.74, 6) is -0.0429. The third-order valence-corrected chi connectivity index (χ3v) is 4.99. The average Bonchev–Trinajstić information content (AvgIpc) is 2.64. The average molecular weight is 424 g/mol. The number of nitro groups is 1. The molecular formula is C20H23Cl2N3O3. The molecule has 0 heterocycles. The van der Waals surface area contributed by atoms with Gasteiger partial charge in [-0.2, -0.15) is 0 Å². The van der Waals surface area contributed by atoms with Gasteiger partial charge in [-0.3, -0.25) is 14.9 Å². The third-order valence-electron chi connectivity index (χ3n) is 4.25. The molecule has 150 valence electrons. The largest absolute Gasteiger partial charge is 0.338 e. The SMILES string of the molecule is CN(C)CCCN(Cc1ccc(Cl)c(Cl)c1)C(=O)Cc1ccc([N+](=O)[O-])cc1. The topological polar surface area (TPSA) is 66.7 Å². The van der Waals surface area contributed by atoms with E-state index in [9.17, 15) is 14.9 Å². The monoisotopic (exact) mass is 423 g/mol. The summed E-state index contributed by atoms with van der Waals surface area (Å²) in [5.41, 5.74) is 1.65. The first kappa shape index (κ1) is 22.1. The van der Waals surface area contributed by atoms with Crippen LogP contribution in [0.15, 0.2) is 42.5 Å². The molecule has 6 nitrogen and oxygen atoms in total. The molecule has 2 aromatic rings. The van der Waals surface area contributed by atoms with E-state index < -0.39 is 4.92 Å². The predicted molar refractivity (Wildman–Crippen MR) is 112 cm³/mol. The van der Waals surface area contributed by atoms with Gasteiger partial charge < -0.3 is 9.80 Å². The molecule has 1 amide bonds. The zero-order valence-electron chi connectivity index (χ0n) is 15.9. The summed E-state index contributed by atoms with van der Waals surface area (Å²) in [5, 5.41) is 11.7. The minimum atomic E-state index is -0.455. The number of hydrogen-bond acceptors (Lipinski definition) is 4. The van der Waals surface area contributed by atoms with Gasteiger partial charge in [0.15, 0.2) is 0 Å². The Morgan fingerprint density at radius 3 is 2.21 bits per heavy atom. The molecule has 0 aliphatic heterocycles. The maximum absolute atomic E-state index is 12.9. The number of nitrogens with zero attached hydrogens (tertiary/aromatic N) is 3. The number of amides is 1. The van der Waals surface area contributed by atoms with Crippen molar-refractivity contribution in [3.63, 3.8) is 0 Å². The van der Waals surface area contributed by atoms with Gasteiger partial charge in [-0.15, -0.1) is 0 Å². The van der Waals surface area contributed by atoms with Crippen LogP contribution in [-0.4, -0.2) is 47.8 Å². The zero-order valence-corrected chi connectivity index (χ0v) is 17.4. The van der Waals surface area contributed by atoms with Crippen LogP contribution in [0.25, 0.3) is 0 Å². The molecule has 0 atom stereocenters. The van der Waals surface area contributed by atoms with E-state index in [2.05, 4.69) is 4.90 Å². The quantitative estimate of drug-likeness (QED) is 0.442. The number of nitro benzene ring substituents is 1. The van der Waals surface area contributed by atoms with Crippen LogP contribution in [0.1, 0.15) is 17.5 Å². The van der Waals surface area contributed by atoms with Crippen LogP contribution in [0.4, 0.5) is 5.69 Å². The highest BCUT2D eigenvalue weighted by Crippen LogP contribution is 2.23. The highest BCUT2D eigenvalue weighted by atomic mass is 35.5. The predicted octanol–water partition coefficient (Wildman–Crippen LogP) is 4.42. The normalized spacial score (nSPS) is 10.9. The number of non-ortho nitro benzene ring substituents is 1. The maximum atomic E-state index is 12.9. The van der Waals surface area contributed by atoms with Crippen LogP contribution in [-0.2, 0) is 17.8 Å². The first-order chi connectivity index (χ1) is 13.3. The van der Waals surface area contributed by atoms with E-state index >= 15 is 0 Å². The van der Waals surface area contributed by atoms with Gasteiger partial charge in [-0.25, -0.2) is 0 Å². The Hall–Kier alpha value is -2.15. The molecule has 0 N–H and O–H groups in total. The lowest BCUT2D eigenvalue weighted by Gasteiger charge is -2.24. The second-order valence-corrected chi connectivity index (χ2v) is 7.64. The van der Waals surface area contributed by atoms with Crippen LogP contribution in [0.2, 0.25) is 10.0 Å². The van der Waals surface area contributed by atoms with Crippen molar-refractivity contribution in [1.82, 2.24) is 9.80 Å².